The molecule has 0 saturated carbocycles. The number of carbonyl (C=O) groups excluding carboxylic acids is 1. The molecule has 8 nitrogen and oxygen atoms in total. The van der Waals surface area contributed by atoms with E-state index in [0.29, 0.717) is 6.61 Å². The van der Waals surface area contributed by atoms with Crippen LogP contribution in [-0.2, 0) is 19.6 Å². The predicted molar refractivity (Wildman–Crippen MR) is 68.4 cm³/mol. The van der Waals surface area contributed by atoms with Gasteiger partial charge in [0.15, 0.2) is 0 Å². The number of nitrogens with one attached hydrogen (secondary N) is 2. The van der Waals surface area contributed by atoms with E-state index in [1.807, 2.05) is 0 Å². The quantitative estimate of drug-likeness (QED) is 0.738. The van der Waals surface area contributed by atoms with E-state index in [1.165, 1.54) is 6.92 Å². The summed E-state index contributed by atoms with van der Waals surface area (Å²) in [6.45, 7) is 2.19. The number of ether oxygens (including phenoxy) is 1. The molecule has 1 aromatic heterocycles. The highest BCUT2D eigenvalue weighted by Crippen LogP contribution is 2.20. The Hall–Kier alpha value is -1.10. The van der Waals surface area contributed by atoms with E-state index in [9.17, 15) is 13.2 Å². The molecule has 1 fully saturated rings. The first-order valence-corrected chi connectivity index (χ1v) is 8.00. The lowest BCUT2D eigenvalue weighted by atomic mass is 10.2. The Morgan fingerprint density at radius 2 is 2.32 bits per heavy atom. The minimum Gasteiger partial charge on any atom is -0.377 e. The smallest absolute Gasteiger partial charge is 0.269 e. The molecular formula is C9H14N4O4S2. The molecule has 1 saturated heterocycles. The van der Waals surface area contributed by atoms with Crippen LogP contribution in [0.2, 0.25) is 0 Å². The summed E-state index contributed by atoms with van der Waals surface area (Å²) in [6, 6.07) is 0. The summed E-state index contributed by atoms with van der Waals surface area (Å²) in [7, 11) is -3.70. The van der Waals surface area contributed by atoms with E-state index in [2.05, 4.69) is 20.2 Å². The lowest BCUT2D eigenvalue weighted by Gasteiger charge is -2.09. The molecule has 0 bridgehead atoms. The topological polar surface area (TPSA) is 110 Å². The summed E-state index contributed by atoms with van der Waals surface area (Å²) < 4.78 is 31.4. The zero-order valence-electron chi connectivity index (χ0n) is 10.2. The number of hydrogen-bond acceptors (Lipinski definition) is 7. The predicted octanol–water partition coefficient (Wildman–Crippen LogP) is -0.0462. The zero-order chi connectivity index (χ0) is 13.9. The number of amides is 1. The molecule has 2 N–H and O–H groups in total. The van der Waals surface area contributed by atoms with Gasteiger partial charge in [-0.05, 0) is 12.8 Å². The largest absolute Gasteiger partial charge is 0.377 e. The average Bonchev–Trinajstić information content (AvgIpc) is 2.96. The Balaban J connectivity index is 1.98. The molecule has 2 rings (SSSR count). The lowest BCUT2D eigenvalue weighted by molar-refractivity contribution is -0.114. The number of anilines is 1. The standard InChI is InChI=1S/C9H14N4O4S2/c1-6(14)11-8-12-13-9(18-8)19(15,16)10-5-7-3-2-4-17-7/h7,10H,2-5H2,1H3,(H,11,12,14)/t7-/m1/s1. The zero-order valence-corrected chi connectivity index (χ0v) is 11.9. The first kappa shape index (κ1) is 14.3. The maximum atomic E-state index is 11.9. The molecule has 1 aromatic rings. The fraction of sp³-hybridized carbons (Fsp3) is 0.667. The van der Waals surface area contributed by atoms with E-state index in [4.69, 9.17) is 4.74 Å². The van der Waals surface area contributed by atoms with Crippen LogP contribution in [-0.4, -0.2) is 43.8 Å². The molecule has 0 unspecified atom stereocenters. The Morgan fingerprint density at radius 3 is 2.95 bits per heavy atom. The fourth-order valence-electron chi connectivity index (χ4n) is 1.59. The highest BCUT2D eigenvalue weighted by molar-refractivity contribution is 7.91. The second kappa shape index (κ2) is 5.90. The molecule has 0 radical (unpaired) electrons. The van der Waals surface area contributed by atoms with Gasteiger partial charge in [0.25, 0.3) is 10.0 Å². The van der Waals surface area contributed by atoms with Gasteiger partial charge in [-0.3, -0.25) is 4.79 Å². The average molecular weight is 306 g/mol. The third-order valence-electron chi connectivity index (χ3n) is 2.44. The first-order valence-electron chi connectivity index (χ1n) is 5.70. The fourth-order valence-corrected chi connectivity index (χ4v) is 3.64. The molecule has 1 atom stereocenters. The monoisotopic (exact) mass is 306 g/mol. The van der Waals surface area contributed by atoms with Crippen molar-refractivity contribution in [1.29, 1.82) is 0 Å². The van der Waals surface area contributed by atoms with Crippen LogP contribution in [0.5, 0.6) is 0 Å². The third-order valence-corrected chi connectivity index (χ3v) is 5.07. The Labute approximate surface area is 114 Å². The normalized spacial score (nSPS) is 19.5. The first-order chi connectivity index (χ1) is 8.97. The Kier molecular flexibility index (Phi) is 4.45. The van der Waals surface area contributed by atoms with Crippen LogP contribution in [0.25, 0.3) is 0 Å². The van der Waals surface area contributed by atoms with Crippen LogP contribution in [0.3, 0.4) is 0 Å². The van der Waals surface area contributed by atoms with Crippen molar-refractivity contribution in [3.63, 3.8) is 0 Å². The highest BCUT2D eigenvalue weighted by atomic mass is 32.2. The van der Waals surface area contributed by atoms with Crippen molar-refractivity contribution in [3.05, 3.63) is 0 Å². The molecule has 0 aromatic carbocycles. The van der Waals surface area contributed by atoms with Crippen molar-refractivity contribution in [2.45, 2.75) is 30.2 Å². The molecule has 10 heteroatoms. The van der Waals surface area contributed by atoms with Crippen LogP contribution >= 0.6 is 11.3 Å². The summed E-state index contributed by atoms with van der Waals surface area (Å²) in [5.41, 5.74) is 0. The van der Waals surface area contributed by atoms with Crippen molar-refractivity contribution in [2.75, 3.05) is 18.5 Å². The SMILES string of the molecule is CC(=O)Nc1nnc(S(=O)(=O)NC[C@H]2CCCO2)s1. The summed E-state index contributed by atoms with van der Waals surface area (Å²) in [6.07, 6.45) is 1.70. The molecule has 2 heterocycles. The summed E-state index contributed by atoms with van der Waals surface area (Å²) in [5, 5.41) is 9.68. The van der Waals surface area contributed by atoms with Crippen LogP contribution in [0.15, 0.2) is 4.34 Å². The van der Waals surface area contributed by atoms with E-state index < -0.39 is 10.0 Å². The second-order valence-electron chi connectivity index (χ2n) is 4.04. The number of carbonyl (C=O) groups is 1. The van der Waals surface area contributed by atoms with Crippen molar-refractivity contribution in [1.82, 2.24) is 14.9 Å². The van der Waals surface area contributed by atoms with Gasteiger partial charge in [0.2, 0.25) is 15.4 Å². The molecule has 1 aliphatic rings. The van der Waals surface area contributed by atoms with Crippen molar-refractivity contribution in [2.24, 2.45) is 0 Å². The van der Waals surface area contributed by atoms with Crippen molar-refractivity contribution < 1.29 is 17.9 Å². The molecule has 0 aliphatic carbocycles. The second-order valence-corrected chi connectivity index (χ2v) is 6.96. The van der Waals surface area contributed by atoms with Crippen LogP contribution in [0, 0.1) is 0 Å². The molecule has 1 aliphatic heterocycles. The Bertz CT molecular complexity index is 550. The van der Waals surface area contributed by atoms with Crippen LogP contribution < -0.4 is 10.0 Å². The van der Waals surface area contributed by atoms with Gasteiger partial charge in [-0.2, -0.15) is 0 Å². The van der Waals surface area contributed by atoms with E-state index in [-0.39, 0.29) is 28.0 Å². The minimum atomic E-state index is -3.70. The summed E-state index contributed by atoms with van der Waals surface area (Å²) >= 11 is 0.805. The number of sulfonamides is 1. The number of rotatable bonds is 5. The molecule has 0 spiro atoms. The van der Waals surface area contributed by atoms with E-state index >= 15 is 0 Å². The van der Waals surface area contributed by atoms with Crippen molar-refractivity contribution >= 4 is 32.4 Å². The van der Waals surface area contributed by atoms with E-state index in [1.54, 1.807) is 0 Å². The van der Waals surface area contributed by atoms with Crippen LogP contribution in [0.4, 0.5) is 5.13 Å². The lowest BCUT2D eigenvalue weighted by Crippen LogP contribution is -2.31. The maximum Gasteiger partial charge on any atom is 0.269 e. The van der Waals surface area contributed by atoms with Gasteiger partial charge in [-0.15, -0.1) is 10.2 Å². The molecule has 1 amide bonds. The number of hydrogen-bond donors (Lipinski definition) is 2. The summed E-state index contributed by atoms with van der Waals surface area (Å²) in [4.78, 5) is 10.8. The third kappa shape index (κ3) is 3.93. The van der Waals surface area contributed by atoms with Crippen LogP contribution in [0.1, 0.15) is 19.8 Å². The van der Waals surface area contributed by atoms with Gasteiger partial charge in [-0.1, -0.05) is 11.3 Å². The van der Waals surface area contributed by atoms with Crippen molar-refractivity contribution in [3.8, 4) is 0 Å². The van der Waals surface area contributed by atoms with Gasteiger partial charge >= 0.3 is 0 Å². The highest BCUT2D eigenvalue weighted by Gasteiger charge is 2.23. The number of nitrogens with zero attached hydrogens (tertiary/aromatic N) is 2. The van der Waals surface area contributed by atoms with Gasteiger partial charge in [-0.25, -0.2) is 13.1 Å². The molecule has 106 valence electrons. The van der Waals surface area contributed by atoms with Gasteiger partial charge in [0.05, 0.1) is 6.10 Å². The number of aromatic nitrogens is 2. The van der Waals surface area contributed by atoms with E-state index in [0.717, 1.165) is 24.2 Å². The molecular weight excluding hydrogens is 292 g/mol. The van der Waals surface area contributed by atoms with Gasteiger partial charge in [0, 0.05) is 20.1 Å². The Morgan fingerprint density at radius 1 is 1.53 bits per heavy atom. The minimum absolute atomic E-state index is 0.0856. The molecule has 19 heavy (non-hydrogen) atoms. The van der Waals surface area contributed by atoms with Gasteiger partial charge < -0.3 is 10.1 Å². The van der Waals surface area contributed by atoms with Gasteiger partial charge in [0.1, 0.15) is 0 Å². The maximum absolute atomic E-state index is 11.9. The summed E-state index contributed by atoms with van der Waals surface area (Å²) in [5.74, 6) is -0.326.